The number of hydrogen-bond acceptors (Lipinski definition) is 6. The van der Waals surface area contributed by atoms with Gasteiger partial charge in [-0.3, -0.25) is 0 Å². The number of hydrogen-bond donors (Lipinski definition) is 0. The number of carbonyl (C=O) groups excluding carboxylic acids is 1. The van der Waals surface area contributed by atoms with Gasteiger partial charge in [0, 0.05) is 25.7 Å². The molecular weight excluding hydrogens is 530 g/mol. The number of carbonyl (C=O) groups is 1. The molecule has 0 spiro atoms. The van der Waals surface area contributed by atoms with Crippen LogP contribution in [0.4, 0.5) is 22.4 Å². The molecule has 0 bridgehead atoms. The summed E-state index contributed by atoms with van der Waals surface area (Å²) in [5, 5.41) is -0.205. The molecule has 1 aliphatic heterocycles. The molecule has 206 valence electrons. The van der Waals surface area contributed by atoms with Gasteiger partial charge in [0.05, 0.1) is 12.9 Å². The van der Waals surface area contributed by atoms with Crippen molar-refractivity contribution in [3.8, 4) is 17.0 Å². The summed E-state index contributed by atoms with van der Waals surface area (Å²) < 4.78 is 69.3. The van der Waals surface area contributed by atoms with Crippen LogP contribution in [0.5, 0.6) is 5.75 Å². The van der Waals surface area contributed by atoms with E-state index in [1.54, 1.807) is 32.7 Å². The summed E-state index contributed by atoms with van der Waals surface area (Å²) in [6.45, 7) is 6.20. The number of ether oxygens (including phenoxy) is 2. The Hall–Kier alpha value is -3.15. The predicted molar refractivity (Wildman–Crippen MR) is 132 cm³/mol. The van der Waals surface area contributed by atoms with Gasteiger partial charge in [0.1, 0.15) is 22.4 Å². The summed E-state index contributed by atoms with van der Waals surface area (Å²) in [6.07, 6.45) is -2.16. The van der Waals surface area contributed by atoms with Crippen LogP contribution >= 0.6 is 11.6 Å². The third kappa shape index (κ3) is 6.28. The van der Waals surface area contributed by atoms with E-state index in [1.807, 2.05) is 0 Å². The van der Waals surface area contributed by atoms with Crippen LogP contribution in [0.1, 0.15) is 45.6 Å². The van der Waals surface area contributed by atoms with Crippen LogP contribution in [0.15, 0.2) is 18.5 Å². The quantitative estimate of drug-likeness (QED) is 0.272. The molecular formula is C25H28ClF4N5O3. The van der Waals surface area contributed by atoms with Gasteiger partial charge < -0.3 is 18.9 Å². The number of rotatable bonds is 5. The minimum absolute atomic E-state index is 0.0201. The summed E-state index contributed by atoms with van der Waals surface area (Å²) in [5.74, 6) is -1.93. The van der Waals surface area contributed by atoms with Gasteiger partial charge in [-0.05, 0) is 69.7 Å². The number of aromatic nitrogens is 4. The third-order valence-corrected chi connectivity index (χ3v) is 6.36. The lowest BCUT2D eigenvalue weighted by Crippen LogP contribution is -2.41. The van der Waals surface area contributed by atoms with Crippen molar-refractivity contribution >= 4 is 28.9 Å². The lowest BCUT2D eigenvalue weighted by Gasteiger charge is -2.33. The zero-order valence-corrected chi connectivity index (χ0v) is 22.2. The first-order valence-electron chi connectivity index (χ1n) is 12.1. The van der Waals surface area contributed by atoms with E-state index >= 15 is 4.39 Å². The molecule has 4 rings (SSSR count). The normalized spacial score (nSPS) is 15.2. The van der Waals surface area contributed by atoms with Crippen LogP contribution in [0.3, 0.4) is 0 Å². The second-order valence-electron chi connectivity index (χ2n) is 10.2. The van der Waals surface area contributed by atoms with Gasteiger partial charge >= 0.3 is 12.3 Å². The van der Waals surface area contributed by atoms with E-state index in [-0.39, 0.29) is 34.6 Å². The van der Waals surface area contributed by atoms with E-state index in [9.17, 15) is 18.0 Å². The first-order valence-corrected chi connectivity index (χ1v) is 12.5. The highest BCUT2D eigenvalue weighted by Crippen LogP contribution is 2.41. The number of halogens is 5. The highest BCUT2D eigenvalue weighted by atomic mass is 35.5. The predicted octanol–water partition coefficient (Wildman–Crippen LogP) is 6.26. The van der Waals surface area contributed by atoms with Crippen molar-refractivity contribution < 1.29 is 31.8 Å². The van der Waals surface area contributed by atoms with Crippen molar-refractivity contribution in [3.05, 3.63) is 35.1 Å². The van der Waals surface area contributed by atoms with E-state index in [4.69, 9.17) is 21.1 Å². The number of nitrogens with zero attached hydrogens (tertiary/aromatic N) is 5. The Morgan fingerprint density at radius 2 is 1.84 bits per heavy atom. The van der Waals surface area contributed by atoms with Crippen molar-refractivity contribution in [2.45, 2.75) is 51.8 Å². The molecule has 1 fully saturated rings. The molecule has 0 radical (unpaired) electrons. The van der Waals surface area contributed by atoms with Gasteiger partial charge in [0.25, 0.3) is 0 Å². The lowest BCUT2D eigenvalue weighted by atomic mass is 9.94. The Morgan fingerprint density at radius 3 is 2.47 bits per heavy atom. The molecule has 0 unspecified atom stereocenters. The van der Waals surface area contributed by atoms with E-state index in [2.05, 4.69) is 15.0 Å². The molecule has 8 nitrogen and oxygen atoms in total. The molecule has 38 heavy (non-hydrogen) atoms. The fourth-order valence-electron chi connectivity index (χ4n) is 4.33. The minimum Gasteiger partial charge on any atom is -0.490 e. The molecule has 3 heterocycles. The molecule has 0 aliphatic carbocycles. The molecule has 1 aromatic carbocycles. The molecule has 13 heteroatoms. The number of fused-ring (bicyclic) bond motifs is 1. The molecule has 2 aromatic heterocycles. The van der Waals surface area contributed by atoms with Crippen LogP contribution in [-0.2, 0) is 18.0 Å². The number of imidazole rings is 1. The molecule has 0 atom stereocenters. The largest absolute Gasteiger partial charge is 0.490 e. The Balaban J connectivity index is 1.48. The standard InChI is InChI=1S/C25H28ClF4N5O3/c1-24(2,3)38-23(36)35-8-5-14(6-9-35)7-10-37-20-16(25(28,29)30)11-15(12-17(20)27)18-19-21(33-22(26)32-18)34(4)13-31-19/h11-14H,5-10H2,1-4H3. The molecule has 1 saturated heterocycles. The summed E-state index contributed by atoms with van der Waals surface area (Å²) >= 11 is 5.97. The monoisotopic (exact) mass is 557 g/mol. The maximum absolute atomic E-state index is 15.1. The maximum Gasteiger partial charge on any atom is 0.420 e. The number of amides is 1. The van der Waals surface area contributed by atoms with Gasteiger partial charge in [-0.1, -0.05) is 0 Å². The molecule has 1 aliphatic rings. The number of aryl methyl sites for hydroxylation is 1. The van der Waals surface area contributed by atoms with Gasteiger partial charge in [-0.25, -0.2) is 19.2 Å². The highest BCUT2D eigenvalue weighted by molar-refractivity contribution is 6.28. The van der Waals surface area contributed by atoms with Crippen molar-refractivity contribution in [1.82, 2.24) is 24.4 Å². The van der Waals surface area contributed by atoms with Crippen molar-refractivity contribution in [2.24, 2.45) is 13.0 Å². The summed E-state index contributed by atoms with van der Waals surface area (Å²) in [4.78, 5) is 26.0. The number of piperidine rings is 1. The Morgan fingerprint density at radius 1 is 1.16 bits per heavy atom. The number of benzene rings is 1. The second-order valence-corrected chi connectivity index (χ2v) is 10.6. The van der Waals surface area contributed by atoms with Crippen LogP contribution in [0.25, 0.3) is 22.4 Å². The molecule has 0 saturated carbocycles. The van der Waals surface area contributed by atoms with E-state index < -0.39 is 35.0 Å². The average molecular weight is 558 g/mol. The van der Waals surface area contributed by atoms with Gasteiger partial charge in [-0.15, -0.1) is 0 Å². The van der Waals surface area contributed by atoms with Crippen molar-refractivity contribution in [3.63, 3.8) is 0 Å². The molecule has 3 aromatic rings. The Kier molecular flexibility index (Phi) is 7.74. The maximum atomic E-state index is 15.1. The lowest BCUT2D eigenvalue weighted by molar-refractivity contribution is -0.139. The van der Waals surface area contributed by atoms with E-state index in [0.29, 0.717) is 38.0 Å². The first kappa shape index (κ1) is 27.9. The van der Waals surface area contributed by atoms with E-state index in [1.165, 1.54) is 10.9 Å². The Bertz CT molecular complexity index is 1330. The van der Waals surface area contributed by atoms with Gasteiger partial charge in [0.2, 0.25) is 5.28 Å². The smallest absolute Gasteiger partial charge is 0.420 e. The highest BCUT2D eigenvalue weighted by Gasteiger charge is 2.37. The Labute approximate surface area is 221 Å². The first-order chi connectivity index (χ1) is 17.7. The van der Waals surface area contributed by atoms with Crippen molar-refractivity contribution in [2.75, 3.05) is 19.7 Å². The summed E-state index contributed by atoms with van der Waals surface area (Å²) in [5.41, 5.74) is -1.53. The average Bonchev–Trinajstić information content (AvgIpc) is 3.18. The van der Waals surface area contributed by atoms with Crippen LogP contribution < -0.4 is 4.74 Å². The fourth-order valence-corrected chi connectivity index (χ4v) is 4.49. The summed E-state index contributed by atoms with van der Waals surface area (Å²) in [6, 6.07) is 1.71. The molecule has 0 N–H and O–H groups in total. The molecule has 1 amide bonds. The summed E-state index contributed by atoms with van der Waals surface area (Å²) in [7, 11) is 1.64. The SMILES string of the molecule is Cn1cnc2c(-c3cc(F)c(OCCC4CCN(C(=O)OC(C)(C)C)CC4)c(C(F)(F)F)c3)nc(Cl)nc21. The zero-order chi connectivity index (χ0) is 27.8. The van der Waals surface area contributed by atoms with Crippen LogP contribution in [0.2, 0.25) is 5.28 Å². The van der Waals surface area contributed by atoms with Gasteiger partial charge in [-0.2, -0.15) is 18.2 Å². The second kappa shape index (κ2) is 10.5. The van der Waals surface area contributed by atoms with Gasteiger partial charge in [0.15, 0.2) is 17.2 Å². The van der Waals surface area contributed by atoms with Crippen LogP contribution in [0, 0.1) is 11.7 Å². The number of alkyl halides is 3. The number of likely N-dealkylation sites (tertiary alicyclic amines) is 1. The zero-order valence-electron chi connectivity index (χ0n) is 21.4. The third-order valence-electron chi connectivity index (χ3n) is 6.19. The van der Waals surface area contributed by atoms with Crippen molar-refractivity contribution in [1.29, 1.82) is 0 Å². The topological polar surface area (TPSA) is 82.4 Å². The fraction of sp³-hybridized carbons (Fsp3) is 0.520. The minimum atomic E-state index is -4.88. The van der Waals surface area contributed by atoms with E-state index in [0.717, 1.165) is 12.1 Å². The van der Waals surface area contributed by atoms with Crippen LogP contribution in [-0.4, -0.2) is 55.8 Å².